The molecule has 134 valence electrons. The normalized spacial score (nSPS) is 17.7. The van der Waals surface area contributed by atoms with E-state index >= 15 is 0 Å². The molecule has 0 saturated carbocycles. The zero-order chi connectivity index (χ0) is 17.7. The molecule has 2 rings (SSSR count). The Hall–Kier alpha value is -0.830. The highest BCUT2D eigenvalue weighted by Gasteiger charge is 2.33. The third kappa shape index (κ3) is 6.29. The molecule has 0 unspecified atom stereocenters. The van der Waals surface area contributed by atoms with Gasteiger partial charge in [0.2, 0.25) is 0 Å². The molecule has 0 amide bonds. The highest BCUT2D eigenvalue weighted by molar-refractivity contribution is 5.02. The molecule has 1 aromatic heterocycles. The van der Waals surface area contributed by atoms with E-state index in [0.29, 0.717) is 5.41 Å². The lowest BCUT2D eigenvalue weighted by molar-refractivity contribution is 0.121. The van der Waals surface area contributed by atoms with Crippen LogP contribution in [0, 0.1) is 18.3 Å². The fourth-order valence-electron chi connectivity index (χ4n) is 4.12. The molecule has 2 heterocycles. The second kappa shape index (κ2) is 8.32. The van der Waals surface area contributed by atoms with E-state index in [0.717, 1.165) is 5.92 Å². The molecule has 1 aliphatic heterocycles. The first-order chi connectivity index (χ1) is 10.7. The Labute approximate surface area is 144 Å². The summed E-state index contributed by atoms with van der Waals surface area (Å²) < 4.78 is 2.15. The van der Waals surface area contributed by atoms with Crippen molar-refractivity contribution in [2.45, 2.75) is 79.7 Å². The number of rotatable bonds is 5. The summed E-state index contributed by atoms with van der Waals surface area (Å²) in [6, 6.07) is 0. The van der Waals surface area contributed by atoms with Crippen molar-refractivity contribution < 1.29 is 0 Å². The average molecular weight is 322 g/mol. The Kier molecular flexibility index (Phi) is 7.31. The SMILES string of the molecule is CC.Cc1cnn(C(C)(C)CC(C)(C)CC2CCN(C)CC2)c1. The summed E-state index contributed by atoms with van der Waals surface area (Å²) in [5.74, 6) is 0.895. The topological polar surface area (TPSA) is 21.1 Å². The lowest BCUT2D eigenvalue weighted by Crippen LogP contribution is -2.36. The minimum Gasteiger partial charge on any atom is -0.306 e. The van der Waals surface area contributed by atoms with E-state index in [1.54, 1.807) is 0 Å². The predicted molar refractivity (Wildman–Crippen MR) is 101 cm³/mol. The number of aromatic nitrogens is 2. The van der Waals surface area contributed by atoms with Crippen LogP contribution in [0.2, 0.25) is 0 Å². The van der Waals surface area contributed by atoms with E-state index in [1.807, 2.05) is 20.0 Å². The van der Waals surface area contributed by atoms with Crippen LogP contribution in [0.1, 0.15) is 72.8 Å². The molecule has 1 aromatic rings. The lowest BCUT2D eigenvalue weighted by atomic mass is 9.72. The minimum atomic E-state index is 0.0865. The van der Waals surface area contributed by atoms with Crippen LogP contribution in [-0.4, -0.2) is 34.8 Å². The molecule has 0 atom stereocenters. The fourth-order valence-corrected chi connectivity index (χ4v) is 4.12. The highest BCUT2D eigenvalue weighted by Crippen LogP contribution is 2.39. The largest absolute Gasteiger partial charge is 0.306 e. The second-order valence-electron chi connectivity index (χ2n) is 8.57. The number of hydrogen-bond acceptors (Lipinski definition) is 2. The van der Waals surface area contributed by atoms with Gasteiger partial charge in [0.15, 0.2) is 0 Å². The molecule has 0 aliphatic carbocycles. The second-order valence-corrected chi connectivity index (χ2v) is 8.57. The first-order valence-corrected chi connectivity index (χ1v) is 9.38. The van der Waals surface area contributed by atoms with Crippen LogP contribution >= 0.6 is 0 Å². The van der Waals surface area contributed by atoms with Crippen LogP contribution < -0.4 is 0 Å². The van der Waals surface area contributed by atoms with Crippen molar-refractivity contribution >= 4 is 0 Å². The maximum atomic E-state index is 4.54. The van der Waals surface area contributed by atoms with Crippen molar-refractivity contribution in [3.8, 4) is 0 Å². The van der Waals surface area contributed by atoms with E-state index in [-0.39, 0.29) is 5.54 Å². The van der Waals surface area contributed by atoms with Crippen LogP contribution in [0.25, 0.3) is 0 Å². The summed E-state index contributed by atoms with van der Waals surface area (Å²) >= 11 is 0. The Balaban J connectivity index is 0.00000127. The van der Waals surface area contributed by atoms with Gasteiger partial charge in [0.25, 0.3) is 0 Å². The zero-order valence-corrected chi connectivity index (χ0v) is 16.8. The van der Waals surface area contributed by atoms with E-state index in [1.165, 1.54) is 44.3 Å². The number of nitrogens with zero attached hydrogens (tertiary/aromatic N) is 3. The van der Waals surface area contributed by atoms with Crippen LogP contribution in [0.3, 0.4) is 0 Å². The van der Waals surface area contributed by atoms with Crippen molar-refractivity contribution in [2.75, 3.05) is 20.1 Å². The Morgan fingerprint density at radius 2 is 1.70 bits per heavy atom. The molecular weight excluding hydrogens is 282 g/mol. The molecule has 3 heteroatoms. The molecule has 3 nitrogen and oxygen atoms in total. The van der Waals surface area contributed by atoms with Gasteiger partial charge in [-0.3, -0.25) is 4.68 Å². The number of piperidine rings is 1. The van der Waals surface area contributed by atoms with Crippen LogP contribution in [0.5, 0.6) is 0 Å². The van der Waals surface area contributed by atoms with Gasteiger partial charge in [-0.15, -0.1) is 0 Å². The van der Waals surface area contributed by atoms with Gasteiger partial charge < -0.3 is 4.90 Å². The lowest BCUT2D eigenvalue weighted by Gasteiger charge is -2.39. The van der Waals surface area contributed by atoms with E-state index in [4.69, 9.17) is 0 Å². The van der Waals surface area contributed by atoms with E-state index in [9.17, 15) is 0 Å². The maximum absolute atomic E-state index is 4.54. The monoisotopic (exact) mass is 321 g/mol. The molecule has 0 bridgehead atoms. The molecule has 1 fully saturated rings. The number of hydrogen-bond donors (Lipinski definition) is 0. The summed E-state index contributed by atoms with van der Waals surface area (Å²) in [5.41, 5.74) is 1.70. The van der Waals surface area contributed by atoms with Crippen molar-refractivity contribution in [3.63, 3.8) is 0 Å². The van der Waals surface area contributed by atoms with Gasteiger partial charge >= 0.3 is 0 Å². The molecule has 0 aromatic carbocycles. The molecular formula is C20H39N3. The van der Waals surface area contributed by atoms with Crippen LogP contribution in [0.15, 0.2) is 12.4 Å². The van der Waals surface area contributed by atoms with Crippen molar-refractivity contribution in [1.82, 2.24) is 14.7 Å². The maximum Gasteiger partial charge on any atom is 0.0576 e. The molecule has 0 spiro atoms. The smallest absolute Gasteiger partial charge is 0.0576 e. The first-order valence-electron chi connectivity index (χ1n) is 9.38. The van der Waals surface area contributed by atoms with Crippen molar-refractivity contribution in [3.05, 3.63) is 18.0 Å². The van der Waals surface area contributed by atoms with Gasteiger partial charge in [0, 0.05) is 6.20 Å². The molecule has 0 N–H and O–H groups in total. The Morgan fingerprint density at radius 3 is 2.17 bits per heavy atom. The Bertz CT molecular complexity index is 451. The van der Waals surface area contributed by atoms with Crippen molar-refractivity contribution in [2.24, 2.45) is 11.3 Å². The molecule has 1 aliphatic rings. The molecule has 23 heavy (non-hydrogen) atoms. The molecule has 1 saturated heterocycles. The minimum absolute atomic E-state index is 0.0865. The third-order valence-corrected chi connectivity index (χ3v) is 4.92. The summed E-state index contributed by atoms with van der Waals surface area (Å²) in [4.78, 5) is 2.46. The predicted octanol–water partition coefficient (Wildman–Crippen LogP) is 5.10. The Morgan fingerprint density at radius 1 is 1.13 bits per heavy atom. The van der Waals surface area contributed by atoms with Gasteiger partial charge in [0.1, 0.15) is 0 Å². The van der Waals surface area contributed by atoms with Gasteiger partial charge in [-0.25, -0.2) is 0 Å². The van der Waals surface area contributed by atoms with Gasteiger partial charge in [0.05, 0.1) is 11.7 Å². The number of likely N-dealkylation sites (tertiary alicyclic amines) is 1. The number of aryl methyl sites for hydroxylation is 1. The van der Waals surface area contributed by atoms with E-state index in [2.05, 4.69) is 62.5 Å². The summed E-state index contributed by atoms with van der Waals surface area (Å²) in [7, 11) is 2.24. The molecule has 0 radical (unpaired) electrons. The average Bonchev–Trinajstić information content (AvgIpc) is 2.90. The summed E-state index contributed by atoms with van der Waals surface area (Å²) in [6.07, 6.45) is 9.37. The van der Waals surface area contributed by atoms with E-state index < -0.39 is 0 Å². The first kappa shape index (κ1) is 20.2. The highest BCUT2D eigenvalue weighted by atomic mass is 15.3. The summed E-state index contributed by atoms with van der Waals surface area (Å²) in [6.45, 7) is 18.1. The fraction of sp³-hybridized carbons (Fsp3) is 0.850. The van der Waals surface area contributed by atoms with Crippen molar-refractivity contribution in [1.29, 1.82) is 0 Å². The third-order valence-electron chi connectivity index (χ3n) is 4.92. The quantitative estimate of drug-likeness (QED) is 0.752. The van der Waals surface area contributed by atoms with Crippen LogP contribution in [0.4, 0.5) is 0 Å². The standard InChI is InChI=1S/C18H33N3.C2H6/c1-15-12-19-21(13-15)18(4,5)14-17(2,3)11-16-7-9-20(6)10-8-16;1-2/h12-13,16H,7-11,14H2,1-6H3;1-2H3. The zero-order valence-electron chi connectivity index (χ0n) is 16.8. The van der Waals surface area contributed by atoms with Gasteiger partial charge in [-0.1, -0.05) is 27.7 Å². The summed E-state index contributed by atoms with van der Waals surface area (Å²) in [5, 5.41) is 4.54. The van der Waals surface area contributed by atoms with Crippen LogP contribution in [-0.2, 0) is 5.54 Å². The van der Waals surface area contributed by atoms with Gasteiger partial charge in [-0.05, 0) is 83.5 Å². The van der Waals surface area contributed by atoms with Gasteiger partial charge in [-0.2, -0.15) is 5.10 Å².